The molecule has 1 fully saturated rings. The van der Waals surface area contributed by atoms with E-state index in [1.54, 1.807) is 0 Å². The summed E-state index contributed by atoms with van der Waals surface area (Å²) in [6.45, 7) is 0.766. The van der Waals surface area contributed by atoms with Gasteiger partial charge in [-0.25, -0.2) is 4.98 Å². The van der Waals surface area contributed by atoms with E-state index in [0.29, 0.717) is 5.69 Å². The number of nitrogens with one attached hydrogen (secondary N) is 2. The van der Waals surface area contributed by atoms with Crippen molar-refractivity contribution in [1.29, 1.82) is 0 Å². The summed E-state index contributed by atoms with van der Waals surface area (Å²) in [5.41, 5.74) is 4.86. The number of carbonyl (C=O) groups is 1. The molecule has 3 heterocycles. The smallest absolute Gasteiger partial charge is 0.275 e. The van der Waals surface area contributed by atoms with Crippen molar-refractivity contribution in [3.05, 3.63) is 47.0 Å². The number of fused-ring (bicyclic) bond motifs is 2. The van der Waals surface area contributed by atoms with Crippen molar-refractivity contribution in [2.75, 3.05) is 6.54 Å². The van der Waals surface area contributed by atoms with Crippen LogP contribution in [0.25, 0.3) is 11.0 Å². The lowest BCUT2D eigenvalue weighted by molar-refractivity contribution is 0.0594. The fraction of sp³-hybridized carbons (Fsp3) is 0.421. The number of piperidine rings is 1. The molecule has 5 rings (SSSR count). The molecule has 1 aliphatic heterocycles. The molecule has 0 spiro atoms. The Labute approximate surface area is 145 Å². The van der Waals surface area contributed by atoms with E-state index in [1.807, 2.05) is 29.2 Å². The minimum atomic E-state index is 0.00223. The molecule has 0 radical (unpaired) electrons. The summed E-state index contributed by atoms with van der Waals surface area (Å²) < 4.78 is 0. The number of likely N-dealkylation sites (tertiary alicyclic amines) is 1. The van der Waals surface area contributed by atoms with E-state index in [9.17, 15) is 4.79 Å². The minimum Gasteiger partial charge on any atom is -0.340 e. The number of aromatic amines is 2. The van der Waals surface area contributed by atoms with Gasteiger partial charge in [-0.15, -0.1) is 0 Å². The molecule has 0 saturated carbocycles. The van der Waals surface area contributed by atoms with E-state index in [0.717, 1.165) is 73.2 Å². The summed E-state index contributed by atoms with van der Waals surface area (Å²) in [4.78, 5) is 23.3. The number of benzene rings is 1. The lowest BCUT2D eigenvalue weighted by atomic mass is 10.0. The summed E-state index contributed by atoms with van der Waals surface area (Å²) >= 11 is 0. The first-order valence-electron chi connectivity index (χ1n) is 9.13. The number of rotatable bonds is 2. The first-order valence-corrected chi connectivity index (χ1v) is 9.13. The number of aryl methyl sites for hydroxylation is 1. The van der Waals surface area contributed by atoms with Crippen molar-refractivity contribution in [3.63, 3.8) is 0 Å². The second kappa shape index (κ2) is 5.72. The van der Waals surface area contributed by atoms with Crippen LogP contribution in [0.2, 0.25) is 0 Å². The highest BCUT2D eigenvalue weighted by molar-refractivity contribution is 5.94. The molecule has 2 aromatic heterocycles. The molecule has 2 N–H and O–H groups in total. The summed E-state index contributed by atoms with van der Waals surface area (Å²) in [6, 6.07) is 8.03. The van der Waals surface area contributed by atoms with Crippen LogP contribution in [0.15, 0.2) is 24.3 Å². The maximum absolute atomic E-state index is 13.2. The first kappa shape index (κ1) is 14.7. The molecule has 0 bridgehead atoms. The van der Waals surface area contributed by atoms with Crippen LogP contribution in [0.3, 0.4) is 0 Å². The molecule has 1 saturated heterocycles. The summed E-state index contributed by atoms with van der Waals surface area (Å²) in [5, 5.41) is 7.40. The molecule has 0 unspecified atom stereocenters. The van der Waals surface area contributed by atoms with Crippen molar-refractivity contribution in [1.82, 2.24) is 25.1 Å². The normalized spacial score (nSPS) is 20.2. The molecule has 1 atom stereocenters. The van der Waals surface area contributed by atoms with Crippen molar-refractivity contribution in [2.24, 2.45) is 0 Å². The summed E-state index contributed by atoms with van der Waals surface area (Å²) in [6.07, 6.45) is 6.16. The predicted octanol–water partition coefficient (Wildman–Crippen LogP) is 3.14. The van der Waals surface area contributed by atoms with Gasteiger partial charge in [0.05, 0.1) is 17.1 Å². The fourth-order valence-corrected chi connectivity index (χ4v) is 4.22. The Morgan fingerprint density at radius 2 is 2.08 bits per heavy atom. The number of nitrogens with zero attached hydrogens (tertiary/aromatic N) is 3. The van der Waals surface area contributed by atoms with E-state index < -0.39 is 0 Å². The van der Waals surface area contributed by atoms with Gasteiger partial charge < -0.3 is 9.88 Å². The van der Waals surface area contributed by atoms with E-state index in [4.69, 9.17) is 4.98 Å². The van der Waals surface area contributed by atoms with E-state index in [1.165, 1.54) is 0 Å². The van der Waals surface area contributed by atoms with Crippen molar-refractivity contribution in [2.45, 2.75) is 44.6 Å². The fourth-order valence-electron chi connectivity index (χ4n) is 4.22. The molecule has 25 heavy (non-hydrogen) atoms. The molecular weight excluding hydrogens is 314 g/mol. The molecule has 1 amide bonds. The van der Waals surface area contributed by atoms with Gasteiger partial charge in [-0.1, -0.05) is 12.1 Å². The highest BCUT2D eigenvalue weighted by Crippen LogP contribution is 2.33. The lowest BCUT2D eigenvalue weighted by Crippen LogP contribution is -2.39. The molecule has 2 aliphatic rings. The van der Waals surface area contributed by atoms with Crippen LogP contribution in [0, 0.1) is 0 Å². The van der Waals surface area contributed by atoms with Crippen LogP contribution in [0.1, 0.15) is 59.3 Å². The van der Waals surface area contributed by atoms with E-state index >= 15 is 0 Å². The lowest BCUT2D eigenvalue weighted by Gasteiger charge is -2.34. The third-order valence-electron chi connectivity index (χ3n) is 5.50. The van der Waals surface area contributed by atoms with Crippen LogP contribution >= 0.6 is 0 Å². The number of carbonyl (C=O) groups excluding carboxylic acids is 1. The Morgan fingerprint density at radius 3 is 3.00 bits per heavy atom. The third-order valence-corrected chi connectivity index (χ3v) is 5.50. The summed E-state index contributed by atoms with van der Waals surface area (Å²) in [5.74, 6) is 0.936. The van der Waals surface area contributed by atoms with Crippen LogP contribution < -0.4 is 0 Å². The molecular formula is C19H21N5O. The zero-order valence-corrected chi connectivity index (χ0v) is 14.1. The topological polar surface area (TPSA) is 77.7 Å². The van der Waals surface area contributed by atoms with Crippen LogP contribution in [-0.2, 0) is 12.8 Å². The van der Waals surface area contributed by atoms with Gasteiger partial charge >= 0.3 is 0 Å². The SMILES string of the molecule is O=C(c1n[nH]c2c1CCC2)N1CCCC[C@H]1c1nc2ccccc2[nH]1. The number of para-hydroxylation sites is 2. The number of hydrogen-bond acceptors (Lipinski definition) is 3. The average Bonchev–Trinajstić information content (AvgIpc) is 3.35. The van der Waals surface area contributed by atoms with Gasteiger partial charge in [0.1, 0.15) is 5.82 Å². The van der Waals surface area contributed by atoms with Crippen molar-refractivity contribution >= 4 is 16.9 Å². The van der Waals surface area contributed by atoms with Crippen LogP contribution in [0.5, 0.6) is 0 Å². The highest BCUT2D eigenvalue weighted by Gasteiger charge is 2.34. The zero-order chi connectivity index (χ0) is 16.8. The number of imidazole rings is 1. The van der Waals surface area contributed by atoms with Crippen LogP contribution in [-0.4, -0.2) is 37.5 Å². The zero-order valence-electron chi connectivity index (χ0n) is 14.1. The molecule has 6 heteroatoms. The van der Waals surface area contributed by atoms with Crippen LogP contribution in [0.4, 0.5) is 0 Å². The minimum absolute atomic E-state index is 0.00223. The quantitative estimate of drug-likeness (QED) is 0.755. The number of H-pyrrole nitrogens is 2. The number of amides is 1. The summed E-state index contributed by atoms with van der Waals surface area (Å²) in [7, 11) is 0. The monoisotopic (exact) mass is 335 g/mol. The largest absolute Gasteiger partial charge is 0.340 e. The van der Waals surface area contributed by atoms with E-state index in [2.05, 4.69) is 15.2 Å². The molecule has 1 aliphatic carbocycles. The van der Waals surface area contributed by atoms with E-state index in [-0.39, 0.29) is 11.9 Å². The molecule has 6 nitrogen and oxygen atoms in total. The van der Waals surface area contributed by atoms with Gasteiger partial charge in [0, 0.05) is 17.8 Å². The molecule has 3 aromatic rings. The number of aromatic nitrogens is 4. The Bertz CT molecular complexity index is 907. The average molecular weight is 335 g/mol. The maximum Gasteiger partial charge on any atom is 0.275 e. The third kappa shape index (κ3) is 2.35. The Hall–Kier alpha value is -2.63. The van der Waals surface area contributed by atoms with Crippen molar-refractivity contribution < 1.29 is 4.79 Å². The predicted molar refractivity (Wildman–Crippen MR) is 94.3 cm³/mol. The Kier molecular flexibility index (Phi) is 3.36. The Balaban J connectivity index is 1.50. The molecule has 128 valence electrons. The second-order valence-electron chi connectivity index (χ2n) is 7.03. The standard InChI is InChI=1S/C19H21N5O/c25-19(17-12-6-5-9-13(12)22-23-17)24-11-4-3-10-16(24)18-20-14-7-1-2-8-15(14)21-18/h1-2,7-8,16H,3-6,9-11H2,(H,20,21)(H,22,23)/t16-/m0/s1. The second-order valence-corrected chi connectivity index (χ2v) is 7.03. The van der Waals surface area contributed by atoms with Gasteiger partial charge in [-0.3, -0.25) is 9.89 Å². The first-order chi connectivity index (χ1) is 12.3. The van der Waals surface area contributed by atoms with Crippen molar-refractivity contribution in [3.8, 4) is 0 Å². The van der Waals surface area contributed by atoms with Gasteiger partial charge in [0.15, 0.2) is 5.69 Å². The van der Waals surface area contributed by atoms with Gasteiger partial charge in [0.2, 0.25) is 0 Å². The van der Waals surface area contributed by atoms with Gasteiger partial charge in [0.25, 0.3) is 5.91 Å². The van der Waals surface area contributed by atoms with Gasteiger partial charge in [-0.05, 0) is 50.7 Å². The molecule has 1 aromatic carbocycles. The Morgan fingerprint density at radius 1 is 1.16 bits per heavy atom. The van der Waals surface area contributed by atoms with Gasteiger partial charge in [-0.2, -0.15) is 5.10 Å². The highest BCUT2D eigenvalue weighted by atomic mass is 16.2. The number of hydrogen-bond donors (Lipinski definition) is 2. The maximum atomic E-state index is 13.2.